The molecule has 0 radical (unpaired) electrons. The second-order valence-corrected chi connectivity index (χ2v) is 5.18. The van der Waals surface area contributed by atoms with E-state index in [4.69, 9.17) is 5.84 Å². The van der Waals surface area contributed by atoms with Gasteiger partial charge in [-0.25, -0.2) is 0 Å². The lowest BCUT2D eigenvalue weighted by atomic mass is 10.00. The molecule has 0 amide bonds. The van der Waals surface area contributed by atoms with Crippen LogP contribution in [0.2, 0.25) is 0 Å². The Labute approximate surface area is 117 Å². The molecule has 0 bridgehead atoms. The van der Waals surface area contributed by atoms with Gasteiger partial charge < -0.3 is 0 Å². The summed E-state index contributed by atoms with van der Waals surface area (Å²) in [7, 11) is 1.88. The molecule has 1 unspecified atom stereocenters. The number of halogens is 3. The first-order valence-electron chi connectivity index (χ1n) is 6.76. The van der Waals surface area contributed by atoms with E-state index in [0.717, 1.165) is 23.4 Å². The third-order valence-electron chi connectivity index (χ3n) is 3.65. The van der Waals surface area contributed by atoms with E-state index in [2.05, 4.69) is 10.5 Å². The molecular weight excluding hydrogens is 269 g/mol. The zero-order valence-corrected chi connectivity index (χ0v) is 12.2. The van der Waals surface area contributed by atoms with Crippen LogP contribution in [0.25, 0.3) is 0 Å². The first kappa shape index (κ1) is 17.0. The minimum absolute atomic E-state index is 0.101. The first-order valence-corrected chi connectivity index (χ1v) is 6.76. The van der Waals surface area contributed by atoms with Crippen LogP contribution in [0.4, 0.5) is 13.2 Å². The maximum absolute atomic E-state index is 12.1. The van der Waals surface area contributed by atoms with Crippen LogP contribution in [0.5, 0.6) is 0 Å². The third-order valence-corrected chi connectivity index (χ3v) is 3.65. The summed E-state index contributed by atoms with van der Waals surface area (Å²) in [6.07, 6.45) is -2.84. The van der Waals surface area contributed by atoms with Crippen LogP contribution in [-0.4, -0.2) is 22.0 Å². The van der Waals surface area contributed by atoms with Crippen LogP contribution in [0.15, 0.2) is 0 Å². The molecule has 1 heterocycles. The molecule has 0 spiro atoms. The van der Waals surface area contributed by atoms with Crippen molar-refractivity contribution < 1.29 is 13.2 Å². The lowest BCUT2D eigenvalue weighted by Crippen LogP contribution is -2.35. The predicted molar refractivity (Wildman–Crippen MR) is 72.0 cm³/mol. The topological polar surface area (TPSA) is 55.9 Å². The van der Waals surface area contributed by atoms with E-state index in [-0.39, 0.29) is 12.5 Å². The molecule has 0 aromatic carbocycles. The van der Waals surface area contributed by atoms with E-state index in [0.29, 0.717) is 12.8 Å². The Morgan fingerprint density at radius 2 is 1.95 bits per heavy atom. The number of hydrogen-bond acceptors (Lipinski definition) is 3. The van der Waals surface area contributed by atoms with Gasteiger partial charge in [0.2, 0.25) is 0 Å². The van der Waals surface area contributed by atoms with Gasteiger partial charge in [0.05, 0.1) is 5.69 Å². The van der Waals surface area contributed by atoms with Crippen LogP contribution < -0.4 is 11.3 Å². The van der Waals surface area contributed by atoms with E-state index < -0.39 is 12.6 Å². The van der Waals surface area contributed by atoms with Crippen molar-refractivity contribution in [3.63, 3.8) is 0 Å². The van der Waals surface area contributed by atoms with Gasteiger partial charge in [0, 0.05) is 25.2 Å². The normalized spacial score (nSPS) is 13.8. The molecule has 0 aliphatic rings. The first-order chi connectivity index (χ1) is 9.24. The monoisotopic (exact) mass is 292 g/mol. The number of hydrazine groups is 1. The molecule has 0 saturated heterocycles. The minimum atomic E-state index is -4.09. The molecule has 0 saturated carbocycles. The van der Waals surface area contributed by atoms with Crippen molar-refractivity contribution in [1.29, 1.82) is 0 Å². The zero-order valence-electron chi connectivity index (χ0n) is 12.2. The summed E-state index contributed by atoms with van der Waals surface area (Å²) in [5.74, 6) is 5.42. The summed E-state index contributed by atoms with van der Waals surface area (Å²) in [4.78, 5) is 0. The highest BCUT2D eigenvalue weighted by atomic mass is 19.4. The van der Waals surface area contributed by atoms with Gasteiger partial charge in [-0.05, 0) is 45.1 Å². The number of nitrogens with two attached hydrogens (primary N) is 1. The van der Waals surface area contributed by atoms with Crippen LogP contribution in [0, 0.1) is 13.8 Å². The SMILES string of the molecule is Cc1nn(C)c(C)c1CCC(CCCC(F)(F)F)NN. The average molecular weight is 292 g/mol. The third kappa shape index (κ3) is 5.13. The van der Waals surface area contributed by atoms with Crippen LogP contribution in [0.3, 0.4) is 0 Å². The average Bonchev–Trinajstić information content (AvgIpc) is 2.57. The molecular formula is C13H23F3N4. The highest BCUT2D eigenvalue weighted by Crippen LogP contribution is 2.23. The van der Waals surface area contributed by atoms with Gasteiger partial charge in [-0.1, -0.05) is 0 Å². The summed E-state index contributed by atoms with van der Waals surface area (Å²) in [6, 6.07) is -0.101. The molecule has 3 N–H and O–H groups in total. The number of nitrogens with zero attached hydrogens (tertiary/aromatic N) is 2. The Hall–Kier alpha value is -1.08. The molecule has 0 aliphatic heterocycles. The lowest BCUT2D eigenvalue weighted by molar-refractivity contribution is -0.135. The molecule has 1 atom stereocenters. The molecule has 20 heavy (non-hydrogen) atoms. The molecule has 1 aromatic rings. The highest BCUT2D eigenvalue weighted by Gasteiger charge is 2.26. The van der Waals surface area contributed by atoms with Gasteiger partial charge in [0.1, 0.15) is 0 Å². The Balaban J connectivity index is 2.45. The molecule has 1 aromatic heterocycles. The number of alkyl halides is 3. The summed E-state index contributed by atoms with van der Waals surface area (Å²) in [5.41, 5.74) is 5.83. The minimum Gasteiger partial charge on any atom is -0.272 e. The van der Waals surface area contributed by atoms with Gasteiger partial charge in [0.15, 0.2) is 0 Å². The largest absolute Gasteiger partial charge is 0.389 e. The standard InChI is InChI=1S/C13H23F3N4/c1-9-12(10(2)20(3)19-9)7-6-11(18-17)5-4-8-13(14,15)16/h11,18H,4-8,17H2,1-3H3. The zero-order chi connectivity index (χ0) is 15.3. The van der Waals surface area contributed by atoms with Crippen molar-refractivity contribution >= 4 is 0 Å². The number of nitrogens with one attached hydrogen (secondary N) is 1. The second-order valence-electron chi connectivity index (χ2n) is 5.18. The van der Waals surface area contributed by atoms with Crippen molar-refractivity contribution in [3.05, 3.63) is 17.0 Å². The summed E-state index contributed by atoms with van der Waals surface area (Å²) < 4.78 is 38.1. The number of aryl methyl sites for hydroxylation is 2. The van der Waals surface area contributed by atoms with Crippen LogP contribution in [0.1, 0.15) is 42.6 Å². The molecule has 4 nitrogen and oxygen atoms in total. The maximum atomic E-state index is 12.1. The predicted octanol–water partition coefficient (Wildman–Crippen LogP) is 2.53. The van der Waals surface area contributed by atoms with E-state index in [1.807, 2.05) is 25.6 Å². The molecule has 0 fully saturated rings. The summed E-state index contributed by atoms with van der Waals surface area (Å²) in [5, 5.41) is 4.33. The summed E-state index contributed by atoms with van der Waals surface area (Å²) in [6.45, 7) is 3.93. The van der Waals surface area contributed by atoms with Gasteiger partial charge in [0.25, 0.3) is 0 Å². The quantitative estimate of drug-likeness (QED) is 0.600. The van der Waals surface area contributed by atoms with Gasteiger partial charge in [-0.2, -0.15) is 18.3 Å². The Bertz CT molecular complexity index is 426. The van der Waals surface area contributed by atoms with Crippen molar-refractivity contribution in [2.24, 2.45) is 12.9 Å². The fourth-order valence-electron chi connectivity index (χ4n) is 2.36. The van der Waals surface area contributed by atoms with Crippen molar-refractivity contribution in [3.8, 4) is 0 Å². The van der Waals surface area contributed by atoms with E-state index in [1.165, 1.54) is 0 Å². The molecule has 116 valence electrons. The molecule has 0 aliphatic carbocycles. The number of aromatic nitrogens is 2. The Kier molecular flexibility index (Phi) is 6.01. The Morgan fingerprint density at radius 1 is 1.30 bits per heavy atom. The van der Waals surface area contributed by atoms with Gasteiger partial charge in [-0.15, -0.1) is 0 Å². The van der Waals surface area contributed by atoms with Gasteiger partial charge >= 0.3 is 6.18 Å². The van der Waals surface area contributed by atoms with E-state index in [1.54, 1.807) is 0 Å². The van der Waals surface area contributed by atoms with Crippen LogP contribution >= 0.6 is 0 Å². The second kappa shape index (κ2) is 7.08. The molecule has 7 heteroatoms. The maximum Gasteiger partial charge on any atom is 0.389 e. The summed E-state index contributed by atoms with van der Waals surface area (Å²) >= 11 is 0. The fourth-order valence-corrected chi connectivity index (χ4v) is 2.36. The lowest BCUT2D eigenvalue weighted by Gasteiger charge is -2.16. The molecule has 1 rings (SSSR count). The number of hydrogen-bond donors (Lipinski definition) is 2. The van der Waals surface area contributed by atoms with E-state index >= 15 is 0 Å². The highest BCUT2D eigenvalue weighted by molar-refractivity contribution is 5.24. The fraction of sp³-hybridized carbons (Fsp3) is 0.769. The smallest absolute Gasteiger partial charge is 0.272 e. The van der Waals surface area contributed by atoms with Crippen molar-refractivity contribution in [2.75, 3.05) is 0 Å². The number of rotatable bonds is 7. The Morgan fingerprint density at radius 3 is 2.40 bits per heavy atom. The van der Waals surface area contributed by atoms with Crippen LogP contribution in [-0.2, 0) is 13.5 Å². The van der Waals surface area contributed by atoms with E-state index in [9.17, 15) is 13.2 Å². The van der Waals surface area contributed by atoms with Crippen molar-refractivity contribution in [1.82, 2.24) is 15.2 Å². The van der Waals surface area contributed by atoms with Crippen molar-refractivity contribution in [2.45, 2.75) is 58.2 Å². The van der Waals surface area contributed by atoms with Gasteiger partial charge in [-0.3, -0.25) is 16.0 Å².